The number of hydrogen-bond donors (Lipinski definition) is 2. The Hall–Kier alpha value is -0.770. The van der Waals surface area contributed by atoms with E-state index in [-0.39, 0.29) is 18.7 Å². The number of hydrogen-bond acceptors (Lipinski definition) is 2. The molecule has 0 aromatic carbocycles. The molecular weight excluding hydrogens is 170 g/mol. The molecule has 0 aromatic heterocycles. The number of amides is 1. The fourth-order valence-corrected chi connectivity index (χ4v) is 2.80. The summed E-state index contributed by atoms with van der Waals surface area (Å²) in [5, 5.41) is 18.1. The Kier molecular flexibility index (Phi) is 2.15. The molecule has 2 bridgehead atoms. The van der Waals surface area contributed by atoms with E-state index in [0.29, 0.717) is 5.92 Å². The minimum atomic E-state index is -0.867. The van der Waals surface area contributed by atoms with Gasteiger partial charge in [-0.3, -0.25) is 4.90 Å². The number of rotatable bonds is 1. The maximum Gasteiger partial charge on any atom is 0.407 e. The summed E-state index contributed by atoms with van der Waals surface area (Å²) < 4.78 is 0. The summed E-state index contributed by atoms with van der Waals surface area (Å²) in [5.41, 5.74) is 0. The fraction of sp³-hybridized carbons (Fsp3) is 0.889. The number of nitrogens with zero attached hydrogens (tertiary/aromatic N) is 1. The molecule has 4 nitrogen and oxygen atoms in total. The lowest BCUT2D eigenvalue weighted by atomic mass is 9.75. The van der Waals surface area contributed by atoms with Crippen LogP contribution in [0.5, 0.6) is 0 Å². The zero-order valence-corrected chi connectivity index (χ0v) is 7.52. The van der Waals surface area contributed by atoms with Gasteiger partial charge in [-0.2, -0.15) is 0 Å². The Morgan fingerprint density at radius 2 is 1.92 bits per heavy atom. The van der Waals surface area contributed by atoms with Crippen LogP contribution in [0, 0.1) is 5.92 Å². The van der Waals surface area contributed by atoms with E-state index in [0.717, 1.165) is 25.7 Å². The molecule has 3 rings (SSSR count). The first-order valence-electron chi connectivity index (χ1n) is 4.86. The van der Waals surface area contributed by atoms with Crippen LogP contribution in [0.1, 0.15) is 25.7 Å². The molecule has 3 aliphatic rings. The van der Waals surface area contributed by atoms with Gasteiger partial charge in [-0.25, -0.2) is 4.79 Å². The van der Waals surface area contributed by atoms with Gasteiger partial charge in [0.1, 0.15) is 0 Å². The van der Waals surface area contributed by atoms with Crippen molar-refractivity contribution in [3.05, 3.63) is 0 Å². The SMILES string of the molecule is O=C(O)N1C2CCC(CC2)C1CO. The van der Waals surface area contributed by atoms with E-state index < -0.39 is 6.09 Å². The lowest BCUT2D eigenvalue weighted by Crippen LogP contribution is -2.58. The second-order valence-electron chi connectivity index (χ2n) is 4.01. The molecule has 1 saturated carbocycles. The first kappa shape index (κ1) is 8.81. The summed E-state index contributed by atoms with van der Waals surface area (Å²) in [7, 11) is 0. The molecule has 4 heteroatoms. The summed E-state index contributed by atoms with van der Waals surface area (Å²) in [6, 6.07) is 0.0321. The average molecular weight is 185 g/mol. The second kappa shape index (κ2) is 3.18. The van der Waals surface area contributed by atoms with E-state index in [4.69, 9.17) is 10.2 Å². The third-order valence-electron chi connectivity index (χ3n) is 3.44. The standard InChI is InChI=1S/C9H15NO3/c11-5-8-6-1-3-7(4-2-6)10(8)9(12)13/h6-8,11H,1-5H2,(H,12,13). The predicted octanol–water partition coefficient (Wildman–Crippen LogP) is 0.900. The highest BCUT2D eigenvalue weighted by Gasteiger charge is 2.43. The van der Waals surface area contributed by atoms with Gasteiger partial charge in [0.15, 0.2) is 0 Å². The Morgan fingerprint density at radius 3 is 2.31 bits per heavy atom. The minimum absolute atomic E-state index is 0.0204. The molecule has 3 fully saturated rings. The van der Waals surface area contributed by atoms with Gasteiger partial charge in [-0.05, 0) is 31.6 Å². The highest BCUT2D eigenvalue weighted by molar-refractivity contribution is 5.66. The van der Waals surface area contributed by atoms with Crippen LogP contribution in [-0.4, -0.2) is 39.9 Å². The molecule has 2 N–H and O–H groups in total. The highest BCUT2D eigenvalue weighted by Crippen LogP contribution is 2.39. The van der Waals surface area contributed by atoms with Crippen LogP contribution in [0.2, 0.25) is 0 Å². The molecule has 1 aliphatic carbocycles. The molecule has 0 aromatic rings. The first-order chi connectivity index (χ1) is 6.24. The summed E-state index contributed by atoms with van der Waals surface area (Å²) >= 11 is 0. The number of fused-ring (bicyclic) bond motifs is 3. The number of aliphatic hydroxyl groups excluding tert-OH is 1. The molecule has 0 radical (unpaired) electrons. The molecule has 1 atom stereocenters. The van der Waals surface area contributed by atoms with E-state index in [1.165, 1.54) is 4.90 Å². The fourth-order valence-electron chi connectivity index (χ4n) is 2.80. The predicted molar refractivity (Wildman–Crippen MR) is 46.5 cm³/mol. The minimum Gasteiger partial charge on any atom is -0.465 e. The molecule has 0 spiro atoms. The zero-order valence-electron chi connectivity index (χ0n) is 7.52. The summed E-state index contributed by atoms with van der Waals surface area (Å²) in [6.07, 6.45) is 3.26. The van der Waals surface area contributed by atoms with Gasteiger partial charge in [-0.1, -0.05) is 0 Å². The third kappa shape index (κ3) is 1.29. The summed E-state index contributed by atoms with van der Waals surface area (Å²) in [4.78, 5) is 12.4. The molecule has 74 valence electrons. The Labute approximate surface area is 77.2 Å². The molecule has 13 heavy (non-hydrogen) atoms. The number of carboxylic acid groups (broad SMARTS) is 1. The van der Waals surface area contributed by atoms with Gasteiger partial charge in [0.2, 0.25) is 0 Å². The lowest BCUT2D eigenvalue weighted by Gasteiger charge is -2.49. The topological polar surface area (TPSA) is 60.8 Å². The zero-order chi connectivity index (χ0) is 9.42. The van der Waals surface area contributed by atoms with E-state index in [9.17, 15) is 4.79 Å². The summed E-state index contributed by atoms with van der Waals surface area (Å²) in [6.45, 7) is -0.0204. The average Bonchev–Trinajstić information content (AvgIpc) is 2.17. The maximum absolute atomic E-state index is 10.9. The van der Waals surface area contributed by atoms with Crippen LogP contribution >= 0.6 is 0 Å². The van der Waals surface area contributed by atoms with Crippen LogP contribution in [0.25, 0.3) is 0 Å². The van der Waals surface area contributed by atoms with Crippen LogP contribution in [-0.2, 0) is 0 Å². The van der Waals surface area contributed by atoms with Crippen LogP contribution < -0.4 is 0 Å². The third-order valence-corrected chi connectivity index (χ3v) is 3.44. The van der Waals surface area contributed by atoms with Crippen LogP contribution in [0.15, 0.2) is 0 Å². The van der Waals surface area contributed by atoms with Gasteiger partial charge < -0.3 is 10.2 Å². The Morgan fingerprint density at radius 1 is 1.31 bits per heavy atom. The van der Waals surface area contributed by atoms with E-state index in [2.05, 4.69) is 0 Å². The van der Waals surface area contributed by atoms with Crippen LogP contribution in [0.3, 0.4) is 0 Å². The van der Waals surface area contributed by atoms with E-state index in [1.807, 2.05) is 0 Å². The van der Waals surface area contributed by atoms with Gasteiger partial charge in [-0.15, -0.1) is 0 Å². The summed E-state index contributed by atoms with van der Waals surface area (Å²) in [5.74, 6) is 0.395. The molecule has 2 aliphatic heterocycles. The monoisotopic (exact) mass is 185 g/mol. The van der Waals surface area contributed by atoms with Crippen molar-refractivity contribution in [1.82, 2.24) is 4.90 Å². The van der Waals surface area contributed by atoms with Crippen molar-refractivity contribution < 1.29 is 15.0 Å². The smallest absolute Gasteiger partial charge is 0.407 e. The first-order valence-corrected chi connectivity index (χ1v) is 4.86. The van der Waals surface area contributed by atoms with Gasteiger partial charge in [0.25, 0.3) is 0 Å². The van der Waals surface area contributed by atoms with Crippen molar-refractivity contribution in [3.63, 3.8) is 0 Å². The Bertz CT molecular complexity index is 211. The molecule has 1 unspecified atom stereocenters. The van der Waals surface area contributed by atoms with Crippen molar-refractivity contribution in [2.75, 3.05) is 6.61 Å². The highest BCUT2D eigenvalue weighted by atomic mass is 16.4. The number of aliphatic hydroxyl groups is 1. The molecule has 2 saturated heterocycles. The van der Waals surface area contributed by atoms with Crippen molar-refractivity contribution in [3.8, 4) is 0 Å². The molecule has 2 heterocycles. The quantitative estimate of drug-likeness (QED) is 0.638. The second-order valence-corrected chi connectivity index (χ2v) is 4.01. The normalized spacial score (nSPS) is 37.9. The largest absolute Gasteiger partial charge is 0.465 e. The van der Waals surface area contributed by atoms with Gasteiger partial charge >= 0.3 is 6.09 Å². The maximum atomic E-state index is 10.9. The molecular formula is C9H15NO3. The number of carbonyl (C=O) groups is 1. The van der Waals surface area contributed by atoms with Gasteiger partial charge in [0, 0.05) is 6.04 Å². The van der Waals surface area contributed by atoms with Crippen molar-refractivity contribution >= 4 is 6.09 Å². The van der Waals surface area contributed by atoms with E-state index >= 15 is 0 Å². The van der Waals surface area contributed by atoms with Crippen LogP contribution in [0.4, 0.5) is 4.79 Å². The lowest BCUT2D eigenvalue weighted by molar-refractivity contribution is -0.0233. The van der Waals surface area contributed by atoms with Crippen molar-refractivity contribution in [2.24, 2.45) is 5.92 Å². The van der Waals surface area contributed by atoms with Crippen molar-refractivity contribution in [1.29, 1.82) is 0 Å². The van der Waals surface area contributed by atoms with Crippen molar-refractivity contribution in [2.45, 2.75) is 37.8 Å². The van der Waals surface area contributed by atoms with E-state index in [1.54, 1.807) is 0 Å². The number of piperidine rings is 2. The molecule has 1 amide bonds. The Balaban J connectivity index is 2.18. The van der Waals surface area contributed by atoms with Gasteiger partial charge in [0.05, 0.1) is 12.6 Å².